The van der Waals surface area contributed by atoms with Crippen molar-refractivity contribution in [1.29, 1.82) is 0 Å². The monoisotopic (exact) mass is 620 g/mol. The van der Waals surface area contributed by atoms with Crippen LogP contribution in [0.15, 0.2) is 0 Å². The number of carbonyl (C=O) groups is 4. The number of rotatable bonds is 20. The molecule has 0 aromatic heterocycles. The Hall–Kier alpha value is -1.61. The molecule has 0 saturated heterocycles. The molecule has 0 spiro atoms. The fraction of sp³-hybridized carbons (Fsp3) is 0.810. The summed E-state index contributed by atoms with van der Waals surface area (Å²) in [5.41, 5.74) is 0. The van der Waals surface area contributed by atoms with E-state index in [-0.39, 0.29) is 24.9 Å². The van der Waals surface area contributed by atoms with Crippen molar-refractivity contribution in [3.05, 3.63) is 0 Å². The molecule has 0 rings (SSSR count). The molecule has 0 amide bonds. The third kappa shape index (κ3) is 22.1. The van der Waals surface area contributed by atoms with E-state index < -0.39 is 69.2 Å². The molecule has 0 aliphatic carbocycles. The third-order valence-corrected chi connectivity index (χ3v) is 5.21. The van der Waals surface area contributed by atoms with Gasteiger partial charge in [0.25, 0.3) is 0 Å². The normalized spacial score (nSPS) is 14.5. The van der Waals surface area contributed by atoms with Crippen molar-refractivity contribution in [1.82, 2.24) is 10.6 Å². The van der Waals surface area contributed by atoms with E-state index in [0.717, 1.165) is 6.92 Å². The number of phosphoric acid groups is 1. The fourth-order valence-electron chi connectivity index (χ4n) is 2.39. The number of nitrogens with one attached hydrogen (secondary N) is 2. The van der Waals surface area contributed by atoms with Gasteiger partial charge in [-0.15, -0.1) is 0 Å². The van der Waals surface area contributed by atoms with Crippen LogP contribution in [-0.4, -0.2) is 91.5 Å². The highest BCUT2D eigenvalue weighted by molar-refractivity contribution is 9.18. The van der Waals surface area contributed by atoms with Gasteiger partial charge in [-0.2, -0.15) is 0 Å². The molecule has 0 aliphatic heterocycles. The molecular weight excluding hydrogens is 583 g/mol. The molecule has 2 unspecified atom stereocenters. The second-order valence-corrected chi connectivity index (χ2v) is 10.5. The highest BCUT2D eigenvalue weighted by Gasteiger charge is 2.28. The second-order valence-electron chi connectivity index (χ2n) is 8.35. The maximum atomic E-state index is 12.3. The Bertz CT molecular complexity index is 768. The van der Waals surface area contributed by atoms with Crippen molar-refractivity contribution in [2.75, 3.05) is 39.5 Å². The summed E-state index contributed by atoms with van der Waals surface area (Å²) < 4.78 is 41.9. The lowest BCUT2D eigenvalue weighted by Crippen LogP contribution is -2.32. The Morgan fingerprint density at radius 2 is 1.24 bits per heavy atom. The molecule has 16 heteroatoms. The van der Waals surface area contributed by atoms with Gasteiger partial charge >= 0.3 is 30.6 Å². The Morgan fingerprint density at radius 3 is 1.70 bits per heavy atom. The van der Waals surface area contributed by atoms with Gasteiger partial charge in [-0.25, -0.2) is 9.36 Å². The summed E-state index contributed by atoms with van der Waals surface area (Å²) in [6.45, 7) is 7.36. The minimum Gasteiger partial charge on any atom is -0.462 e. The van der Waals surface area contributed by atoms with Crippen molar-refractivity contribution in [2.24, 2.45) is 0 Å². The van der Waals surface area contributed by atoms with Crippen LogP contribution in [-0.2, 0) is 46.9 Å². The lowest BCUT2D eigenvalue weighted by Gasteiger charge is -2.21. The maximum absolute atomic E-state index is 12.3. The van der Waals surface area contributed by atoms with Gasteiger partial charge < -0.3 is 34.5 Å². The topological polar surface area (TPSA) is 185 Å². The van der Waals surface area contributed by atoms with E-state index in [2.05, 4.69) is 26.6 Å². The molecule has 0 aliphatic rings. The molecular formula is C21H38BrN2O12P. The maximum Gasteiger partial charge on any atom is 0.472 e. The van der Waals surface area contributed by atoms with Crippen LogP contribution in [0.1, 0.15) is 47.5 Å². The number of hydrogen-bond donors (Lipinski definition) is 3. The predicted octanol–water partition coefficient (Wildman–Crippen LogP) is 1.81. The van der Waals surface area contributed by atoms with Gasteiger partial charge in [-0.1, -0.05) is 27.7 Å². The van der Waals surface area contributed by atoms with Gasteiger partial charge in [-0.05, 0) is 0 Å². The number of esters is 3. The molecule has 0 saturated carbocycles. The molecule has 216 valence electrons. The fourth-order valence-corrected chi connectivity index (χ4v) is 3.44. The molecule has 14 nitrogen and oxygen atoms in total. The van der Waals surface area contributed by atoms with Crippen molar-refractivity contribution < 1.29 is 56.6 Å². The molecule has 0 bridgehead atoms. The molecule has 0 heterocycles. The van der Waals surface area contributed by atoms with E-state index in [4.69, 9.17) is 28.0 Å². The van der Waals surface area contributed by atoms with Crippen LogP contribution in [0, 0.1) is 0 Å². The Morgan fingerprint density at radius 1 is 0.784 bits per heavy atom. The number of carbonyl (C=O) groups excluding carboxylic acids is 4. The average Bonchev–Trinajstić information content (AvgIpc) is 2.76. The van der Waals surface area contributed by atoms with Crippen molar-refractivity contribution in [3.8, 4) is 0 Å². The van der Waals surface area contributed by atoms with E-state index >= 15 is 0 Å². The van der Waals surface area contributed by atoms with Crippen LogP contribution >= 0.6 is 23.8 Å². The number of phosphoric ester groups is 1. The first kappa shape index (κ1) is 35.4. The van der Waals surface area contributed by atoms with E-state index in [1.165, 1.54) is 0 Å². The molecule has 0 fully saturated rings. The summed E-state index contributed by atoms with van der Waals surface area (Å²) in [7, 11) is -4.75. The standard InChI is InChI=1S/C21H38BrN2O12P/c1-14(2)23-8-6-19(26)32-11-17(35-20(27)7-9-24-15(3)4)12-33-37(29,30)34-13-18(36-21(22)28)10-31-16(5)25/h14-15,17-18,23-24H,6-13H2,1-5H3,(H,29,30)/t17?,18-/m1/s1. The first-order valence-electron chi connectivity index (χ1n) is 11.6. The zero-order chi connectivity index (χ0) is 28.4. The number of ether oxygens (including phenoxy) is 4. The summed E-state index contributed by atoms with van der Waals surface area (Å²) in [4.78, 5) is 55.3. The number of hydrogen-bond acceptors (Lipinski definition) is 13. The van der Waals surface area contributed by atoms with E-state index in [9.17, 15) is 28.6 Å². The lowest BCUT2D eigenvalue weighted by atomic mass is 10.3. The first-order valence-corrected chi connectivity index (χ1v) is 13.9. The Balaban J connectivity index is 4.96. The summed E-state index contributed by atoms with van der Waals surface area (Å²) >= 11 is 2.53. The van der Waals surface area contributed by atoms with Crippen LogP contribution < -0.4 is 10.6 Å². The largest absolute Gasteiger partial charge is 0.472 e. The molecule has 37 heavy (non-hydrogen) atoms. The SMILES string of the molecule is CC(=O)OC[C@H](COP(=O)(O)OCC(COC(=O)CCNC(C)C)OC(=O)CCNC(C)C)OC(=O)Br. The second kappa shape index (κ2) is 19.5. The molecule has 3 N–H and O–H groups in total. The van der Waals surface area contributed by atoms with Crippen molar-refractivity contribution in [2.45, 2.75) is 71.8 Å². The van der Waals surface area contributed by atoms with Crippen LogP contribution in [0.2, 0.25) is 0 Å². The summed E-state index contributed by atoms with van der Waals surface area (Å²) in [6, 6.07) is 0.331. The predicted molar refractivity (Wildman–Crippen MR) is 134 cm³/mol. The summed E-state index contributed by atoms with van der Waals surface area (Å²) in [5.74, 6) is -1.87. The highest BCUT2D eigenvalue weighted by atomic mass is 79.9. The Labute approximate surface area is 225 Å². The molecule has 3 atom stereocenters. The molecule has 0 aromatic carbocycles. The van der Waals surface area contributed by atoms with Crippen molar-refractivity contribution >= 4 is 46.5 Å². The van der Waals surface area contributed by atoms with Crippen LogP contribution in [0.5, 0.6) is 0 Å². The van der Waals surface area contributed by atoms with Crippen LogP contribution in [0.4, 0.5) is 4.79 Å². The third-order valence-electron chi connectivity index (χ3n) is 4.07. The Kier molecular flexibility index (Phi) is 18.6. The van der Waals surface area contributed by atoms with Gasteiger partial charge in [0.05, 0.1) is 26.1 Å². The zero-order valence-electron chi connectivity index (χ0n) is 21.7. The van der Waals surface area contributed by atoms with Gasteiger partial charge in [-0.3, -0.25) is 23.4 Å². The summed E-state index contributed by atoms with van der Waals surface area (Å²) in [6.07, 6.45) is -2.34. The van der Waals surface area contributed by atoms with Crippen LogP contribution in [0.25, 0.3) is 0 Å². The summed E-state index contributed by atoms with van der Waals surface area (Å²) in [5, 5.41) is 6.10. The van der Waals surface area contributed by atoms with Gasteiger partial charge in [0.1, 0.15) is 13.2 Å². The number of halogens is 1. The van der Waals surface area contributed by atoms with E-state index in [1.807, 2.05) is 27.7 Å². The molecule has 0 aromatic rings. The van der Waals surface area contributed by atoms with Gasteiger partial charge in [0, 0.05) is 48.0 Å². The molecule has 0 radical (unpaired) electrons. The average molecular weight is 621 g/mol. The van der Waals surface area contributed by atoms with Crippen molar-refractivity contribution in [3.63, 3.8) is 0 Å². The lowest BCUT2D eigenvalue weighted by molar-refractivity contribution is -0.161. The minimum atomic E-state index is -4.75. The van der Waals surface area contributed by atoms with Gasteiger partial charge in [0.15, 0.2) is 12.2 Å². The smallest absolute Gasteiger partial charge is 0.462 e. The van der Waals surface area contributed by atoms with E-state index in [1.54, 1.807) is 0 Å². The van der Waals surface area contributed by atoms with E-state index in [0.29, 0.717) is 13.1 Å². The zero-order valence-corrected chi connectivity index (χ0v) is 24.2. The van der Waals surface area contributed by atoms with Gasteiger partial charge in [0.2, 0.25) is 0 Å². The van der Waals surface area contributed by atoms with Crippen LogP contribution in [0.3, 0.4) is 0 Å². The quantitative estimate of drug-likeness (QED) is 0.0774. The highest BCUT2D eigenvalue weighted by Crippen LogP contribution is 2.43. The minimum absolute atomic E-state index is 0.00393. The first-order chi connectivity index (χ1) is 17.2.